The number of amides is 1. The zero-order valence-corrected chi connectivity index (χ0v) is 22.3. The SMILES string of the molecule is C=CCn1c(CCCOc2ccc(Br)cc2C)nnc1SCC(=O)Nc1ccccc1C(C)C. The lowest BCUT2D eigenvalue weighted by Crippen LogP contribution is -2.16. The monoisotopic (exact) mass is 542 g/mol. The highest BCUT2D eigenvalue weighted by Crippen LogP contribution is 2.25. The summed E-state index contributed by atoms with van der Waals surface area (Å²) >= 11 is 4.85. The Morgan fingerprint density at radius 1 is 1.26 bits per heavy atom. The maximum absolute atomic E-state index is 12.6. The molecule has 1 heterocycles. The van der Waals surface area contributed by atoms with Crippen LogP contribution in [0.15, 0.2) is 64.7 Å². The lowest BCUT2D eigenvalue weighted by Gasteiger charge is -2.13. The third kappa shape index (κ3) is 7.21. The predicted octanol–water partition coefficient (Wildman–Crippen LogP) is 6.40. The van der Waals surface area contributed by atoms with Gasteiger partial charge in [-0.15, -0.1) is 16.8 Å². The number of ether oxygens (including phenoxy) is 1. The maximum atomic E-state index is 12.6. The maximum Gasteiger partial charge on any atom is 0.234 e. The van der Waals surface area contributed by atoms with E-state index in [1.54, 1.807) is 0 Å². The van der Waals surface area contributed by atoms with Gasteiger partial charge in [-0.2, -0.15) is 0 Å². The minimum Gasteiger partial charge on any atom is -0.493 e. The molecule has 3 aromatic rings. The van der Waals surface area contributed by atoms with Crippen molar-refractivity contribution in [2.45, 2.75) is 51.2 Å². The van der Waals surface area contributed by atoms with E-state index in [0.29, 0.717) is 24.2 Å². The van der Waals surface area contributed by atoms with Crippen LogP contribution in [-0.2, 0) is 17.8 Å². The van der Waals surface area contributed by atoms with Crippen LogP contribution in [-0.4, -0.2) is 33.0 Å². The lowest BCUT2D eigenvalue weighted by molar-refractivity contribution is -0.113. The molecule has 0 saturated carbocycles. The number of carbonyl (C=O) groups is 1. The Balaban J connectivity index is 1.55. The molecule has 3 rings (SSSR count). The molecule has 0 bridgehead atoms. The minimum absolute atomic E-state index is 0.0638. The first-order valence-electron chi connectivity index (χ1n) is 11.3. The Kier molecular flexibility index (Phi) is 9.77. The molecular weight excluding hydrogens is 512 g/mol. The quantitative estimate of drug-likeness (QED) is 0.163. The number of hydrogen-bond acceptors (Lipinski definition) is 5. The third-order valence-corrected chi connectivity index (χ3v) is 6.69. The topological polar surface area (TPSA) is 69.0 Å². The summed E-state index contributed by atoms with van der Waals surface area (Å²) in [5, 5.41) is 12.4. The highest BCUT2D eigenvalue weighted by molar-refractivity contribution is 9.10. The van der Waals surface area contributed by atoms with Gasteiger partial charge in [0.2, 0.25) is 5.91 Å². The van der Waals surface area contributed by atoms with E-state index in [2.05, 4.69) is 51.9 Å². The van der Waals surface area contributed by atoms with Crippen molar-refractivity contribution < 1.29 is 9.53 Å². The molecule has 0 atom stereocenters. The molecule has 2 aromatic carbocycles. The molecule has 0 aliphatic carbocycles. The van der Waals surface area contributed by atoms with Crippen LogP contribution in [0.4, 0.5) is 5.69 Å². The highest BCUT2D eigenvalue weighted by atomic mass is 79.9. The van der Waals surface area contributed by atoms with Gasteiger partial charge in [0.25, 0.3) is 0 Å². The molecule has 0 aliphatic rings. The number of thioether (sulfide) groups is 1. The van der Waals surface area contributed by atoms with Gasteiger partial charge in [-0.1, -0.05) is 65.8 Å². The minimum atomic E-state index is -0.0638. The number of aryl methyl sites for hydroxylation is 2. The molecule has 0 spiro atoms. The molecule has 1 aromatic heterocycles. The second kappa shape index (κ2) is 12.8. The molecule has 0 unspecified atom stereocenters. The van der Waals surface area contributed by atoms with Gasteiger partial charge >= 0.3 is 0 Å². The van der Waals surface area contributed by atoms with Crippen molar-refractivity contribution in [2.24, 2.45) is 0 Å². The van der Waals surface area contributed by atoms with E-state index in [0.717, 1.165) is 45.7 Å². The van der Waals surface area contributed by atoms with Gasteiger partial charge in [0, 0.05) is 23.1 Å². The zero-order valence-electron chi connectivity index (χ0n) is 19.9. The van der Waals surface area contributed by atoms with Gasteiger partial charge in [-0.3, -0.25) is 4.79 Å². The number of halogens is 1. The van der Waals surface area contributed by atoms with Crippen LogP contribution in [0.2, 0.25) is 0 Å². The Morgan fingerprint density at radius 2 is 2.06 bits per heavy atom. The number of nitrogens with one attached hydrogen (secondary N) is 1. The normalized spacial score (nSPS) is 11.0. The Morgan fingerprint density at radius 3 is 2.79 bits per heavy atom. The molecule has 6 nitrogen and oxygen atoms in total. The van der Waals surface area contributed by atoms with Gasteiger partial charge in [0.05, 0.1) is 12.4 Å². The van der Waals surface area contributed by atoms with E-state index in [-0.39, 0.29) is 11.7 Å². The van der Waals surface area contributed by atoms with Gasteiger partial charge < -0.3 is 14.6 Å². The van der Waals surface area contributed by atoms with Crippen LogP contribution in [0.5, 0.6) is 5.75 Å². The van der Waals surface area contributed by atoms with Crippen molar-refractivity contribution in [3.8, 4) is 5.75 Å². The smallest absolute Gasteiger partial charge is 0.234 e. The standard InChI is InChI=1S/C26H31BrN4O2S/c1-5-14-31-24(11-8-15-33-23-13-12-20(27)16-19(23)4)29-30-26(31)34-17-25(32)28-22-10-7-6-9-21(22)18(2)3/h5-7,9-10,12-13,16,18H,1,8,11,14-15,17H2,2-4H3,(H,28,32). The third-order valence-electron chi connectivity index (χ3n) is 5.23. The fraction of sp³-hybridized carbons (Fsp3) is 0.346. The van der Waals surface area contributed by atoms with E-state index in [1.807, 2.05) is 60.0 Å². The number of hydrogen-bond donors (Lipinski definition) is 1. The first kappa shape index (κ1) is 26.0. The van der Waals surface area contributed by atoms with Gasteiger partial charge in [0.1, 0.15) is 11.6 Å². The first-order chi connectivity index (χ1) is 16.4. The summed E-state index contributed by atoms with van der Waals surface area (Å²) in [4.78, 5) is 12.6. The van der Waals surface area contributed by atoms with Crippen molar-refractivity contribution >= 4 is 39.3 Å². The van der Waals surface area contributed by atoms with Gasteiger partial charge in [0.15, 0.2) is 5.16 Å². The van der Waals surface area contributed by atoms with Crippen molar-refractivity contribution in [3.63, 3.8) is 0 Å². The van der Waals surface area contributed by atoms with E-state index in [4.69, 9.17) is 4.74 Å². The second-order valence-electron chi connectivity index (χ2n) is 8.24. The molecule has 34 heavy (non-hydrogen) atoms. The van der Waals surface area contributed by atoms with Crippen LogP contribution in [0, 0.1) is 6.92 Å². The summed E-state index contributed by atoms with van der Waals surface area (Å²) in [5.74, 6) is 2.28. The van der Waals surface area contributed by atoms with Crippen LogP contribution in [0.3, 0.4) is 0 Å². The van der Waals surface area contributed by atoms with Crippen molar-refractivity contribution in [1.82, 2.24) is 14.8 Å². The summed E-state index contributed by atoms with van der Waals surface area (Å²) in [6.07, 6.45) is 3.35. The van der Waals surface area contributed by atoms with E-state index in [9.17, 15) is 4.79 Å². The van der Waals surface area contributed by atoms with E-state index >= 15 is 0 Å². The first-order valence-corrected chi connectivity index (χ1v) is 13.1. The van der Waals surface area contributed by atoms with Crippen LogP contribution in [0.25, 0.3) is 0 Å². The van der Waals surface area contributed by atoms with E-state index < -0.39 is 0 Å². The number of para-hydroxylation sites is 1. The Hall–Kier alpha value is -2.58. The van der Waals surface area contributed by atoms with Crippen LogP contribution in [0.1, 0.15) is 43.1 Å². The molecule has 0 fully saturated rings. The molecule has 1 N–H and O–H groups in total. The molecule has 0 radical (unpaired) electrons. The number of carbonyl (C=O) groups excluding carboxylic acids is 1. The number of anilines is 1. The Bertz CT molecular complexity index is 1130. The zero-order chi connectivity index (χ0) is 24.5. The van der Waals surface area contributed by atoms with Crippen molar-refractivity contribution in [2.75, 3.05) is 17.7 Å². The predicted molar refractivity (Wildman–Crippen MR) is 143 cm³/mol. The largest absolute Gasteiger partial charge is 0.493 e. The van der Waals surface area contributed by atoms with Crippen molar-refractivity contribution in [1.29, 1.82) is 0 Å². The lowest BCUT2D eigenvalue weighted by atomic mass is 10.0. The summed E-state index contributed by atoms with van der Waals surface area (Å²) in [6, 6.07) is 13.9. The van der Waals surface area contributed by atoms with Gasteiger partial charge in [-0.25, -0.2) is 0 Å². The molecular formula is C26H31BrN4O2S. The fourth-order valence-corrected chi connectivity index (χ4v) is 4.78. The van der Waals surface area contributed by atoms with E-state index in [1.165, 1.54) is 11.8 Å². The fourth-order valence-electron chi connectivity index (χ4n) is 3.54. The number of allylic oxidation sites excluding steroid dienone is 1. The number of aromatic nitrogens is 3. The second-order valence-corrected chi connectivity index (χ2v) is 10.1. The summed E-state index contributed by atoms with van der Waals surface area (Å²) in [7, 11) is 0. The van der Waals surface area contributed by atoms with Crippen molar-refractivity contribution in [3.05, 3.63) is 76.5 Å². The molecule has 180 valence electrons. The number of benzene rings is 2. The summed E-state index contributed by atoms with van der Waals surface area (Å²) in [6.45, 7) is 11.3. The number of nitrogens with zero attached hydrogens (tertiary/aromatic N) is 3. The summed E-state index contributed by atoms with van der Waals surface area (Å²) in [5.41, 5.74) is 3.08. The van der Waals surface area contributed by atoms with Crippen LogP contribution >= 0.6 is 27.7 Å². The average Bonchev–Trinajstić information content (AvgIpc) is 3.18. The van der Waals surface area contributed by atoms with Gasteiger partial charge in [-0.05, 0) is 54.7 Å². The highest BCUT2D eigenvalue weighted by Gasteiger charge is 2.15. The molecule has 1 amide bonds. The molecule has 8 heteroatoms. The number of rotatable bonds is 12. The Labute approximate surface area is 214 Å². The molecule has 0 aliphatic heterocycles. The summed E-state index contributed by atoms with van der Waals surface area (Å²) < 4.78 is 8.98. The van der Waals surface area contributed by atoms with Crippen LogP contribution < -0.4 is 10.1 Å². The molecule has 0 saturated heterocycles. The average molecular weight is 544 g/mol.